The van der Waals surface area contributed by atoms with Crippen LogP contribution in [0.5, 0.6) is 0 Å². The van der Waals surface area contributed by atoms with E-state index in [0.717, 1.165) is 11.0 Å². The molecule has 0 aliphatic rings. The van der Waals surface area contributed by atoms with Crippen LogP contribution >= 0.6 is 0 Å². The Labute approximate surface area is 67.3 Å². The van der Waals surface area contributed by atoms with E-state index in [1.165, 1.54) is 0 Å². The molecule has 1 amide bonds. The van der Waals surface area contributed by atoms with E-state index in [1.807, 2.05) is 21.1 Å². The van der Waals surface area contributed by atoms with Crippen LogP contribution in [0.1, 0.15) is 0 Å². The molecular formula is C6H18N3O2+. The highest BCUT2D eigenvalue weighted by molar-refractivity contribution is 5.64. The predicted octanol–water partition coefficient (Wildman–Crippen LogP) is -0.0501. The van der Waals surface area contributed by atoms with Gasteiger partial charge in [0.2, 0.25) is 0 Å². The maximum absolute atomic E-state index is 10.1. The van der Waals surface area contributed by atoms with Crippen LogP contribution in [0.3, 0.4) is 0 Å². The number of primary amides is 1. The largest absolute Gasteiger partial charge is 0.444 e. The number of likely N-dealkylation sites (N-methyl/N-ethyl adjacent to an activating group) is 1. The molecule has 0 saturated heterocycles. The van der Waals surface area contributed by atoms with Crippen molar-refractivity contribution in [3.8, 4) is 0 Å². The van der Waals surface area contributed by atoms with Crippen molar-refractivity contribution in [2.75, 3.05) is 34.3 Å². The first-order valence-electron chi connectivity index (χ1n) is 3.14. The van der Waals surface area contributed by atoms with Gasteiger partial charge in [-0.3, -0.25) is 0 Å². The standard InChI is InChI=1S/C6H14N2O2.H3N/c1-8(2,3)4-5-10-6(7)9;/h4-5H2,1-3H3,(H-,7,9);1H3/p+1. The van der Waals surface area contributed by atoms with Crippen molar-refractivity contribution in [2.24, 2.45) is 5.73 Å². The predicted molar refractivity (Wildman–Crippen MR) is 43.5 cm³/mol. The van der Waals surface area contributed by atoms with E-state index < -0.39 is 6.09 Å². The monoisotopic (exact) mass is 164 g/mol. The minimum atomic E-state index is -0.701. The number of nitrogens with zero attached hydrogens (tertiary/aromatic N) is 1. The van der Waals surface area contributed by atoms with Gasteiger partial charge in [-0.25, -0.2) is 4.79 Å². The number of carbonyl (C=O) groups excluding carboxylic acids is 1. The Kier molecular flexibility index (Phi) is 5.74. The molecule has 0 rings (SSSR count). The van der Waals surface area contributed by atoms with Gasteiger partial charge in [0.1, 0.15) is 13.2 Å². The quantitative estimate of drug-likeness (QED) is 0.573. The summed E-state index contributed by atoms with van der Waals surface area (Å²) in [5, 5.41) is 0. The number of hydrogen-bond acceptors (Lipinski definition) is 3. The van der Waals surface area contributed by atoms with Gasteiger partial charge in [0.15, 0.2) is 0 Å². The van der Waals surface area contributed by atoms with Crippen molar-refractivity contribution in [1.82, 2.24) is 6.15 Å². The minimum Gasteiger partial charge on any atom is -0.444 e. The fourth-order valence-electron chi connectivity index (χ4n) is 0.420. The Hall–Kier alpha value is -0.810. The van der Waals surface area contributed by atoms with Crippen molar-refractivity contribution < 1.29 is 14.0 Å². The molecule has 5 N–H and O–H groups in total. The number of nitrogens with two attached hydrogens (primary N) is 1. The zero-order chi connectivity index (χ0) is 8.20. The van der Waals surface area contributed by atoms with E-state index in [9.17, 15) is 4.79 Å². The zero-order valence-corrected chi connectivity index (χ0v) is 7.46. The Balaban J connectivity index is 0. The number of rotatable bonds is 3. The first-order chi connectivity index (χ1) is 4.42. The first kappa shape index (κ1) is 12.8. The second kappa shape index (κ2) is 4.92. The number of hydrogen-bond donors (Lipinski definition) is 2. The molecule has 11 heavy (non-hydrogen) atoms. The van der Waals surface area contributed by atoms with Gasteiger partial charge in [-0.15, -0.1) is 0 Å². The lowest BCUT2D eigenvalue weighted by atomic mass is 10.5. The SMILES string of the molecule is C[N+](C)(C)CCOC(N)=O.N. The Morgan fingerprint density at radius 3 is 2.18 bits per heavy atom. The van der Waals surface area contributed by atoms with Gasteiger partial charge in [0.25, 0.3) is 0 Å². The van der Waals surface area contributed by atoms with Crippen molar-refractivity contribution in [1.29, 1.82) is 0 Å². The Morgan fingerprint density at radius 2 is 1.91 bits per heavy atom. The fourth-order valence-corrected chi connectivity index (χ4v) is 0.420. The summed E-state index contributed by atoms with van der Waals surface area (Å²) in [4.78, 5) is 10.1. The number of quaternary nitrogens is 1. The third-order valence-corrected chi connectivity index (χ3v) is 1.01. The molecule has 0 unspecified atom stereocenters. The molecule has 0 spiro atoms. The molecule has 0 fully saturated rings. The van der Waals surface area contributed by atoms with Crippen LogP contribution in [0.4, 0.5) is 4.79 Å². The molecule has 5 heteroatoms. The van der Waals surface area contributed by atoms with Crippen molar-refractivity contribution in [3.63, 3.8) is 0 Å². The number of amides is 1. The van der Waals surface area contributed by atoms with Crippen LogP contribution in [0.2, 0.25) is 0 Å². The van der Waals surface area contributed by atoms with Gasteiger partial charge in [0.05, 0.1) is 21.1 Å². The summed E-state index contributed by atoms with van der Waals surface area (Å²) >= 11 is 0. The van der Waals surface area contributed by atoms with Crippen LogP contribution < -0.4 is 11.9 Å². The van der Waals surface area contributed by atoms with E-state index in [2.05, 4.69) is 4.74 Å². The fraction of sp³-hybridized carbons (Fsp3) is 0.833. The molecule has 5 nitrogen and oxygen atoms in total. The highest BCUT2D eigenvalue weighted by atomic mass is 16.5. The van der Waals surface area contributed by atoms with E-state index in [1.54, 1.807) is 0 Å². The van der Waals surface area contributed by atoms with Gasteiger partial charge in [-0.05, 0) is 0 Å². The summed E-state index contributed by atoms with van der Waals surface area (Å²) in [6.07, 6.45) is -0.701. The van der Waals surface area contributed by atoms with Crippen molar-refractivity contribution in [3.05, 3.63) is 0 Å². The van der Waals surface area contributed by atoms with Gasteiger partial charge >= 0.3 is 6.09 Å². The molecule has 0 radical (unpaired) electrons. The molecule has 0 aliphatic carbocycles. The lowest BCUT2D eigenvalue weighted by Crippen LogP contribution is -2.38. The Morgan fingerprint density at radius 1 is 1.45 bits per heavy atom. The lowest BCUT2D eigenvalue weighted by Gasteiger charge is -2.22. The number of ether oxygens (including phenoxy) is 1. The third-order valence-electron chi connectivity index (χ3n) is 1.01. The highest BCUT2D eigenvalue weighted by Crippen LogP contribution is 1.88. The second-order valence-electron chi connectivity index (χ2n) is 3.18. The molecule has 0 aromatic carbocycles. The maximum Gasteiger partial charge on any atom is 0.404 e. The van der Waals surface area contributed by atoms with Gasteiger partial charge in [0, 0.05) is 0 Å². The maximum atomic E-state index is 10.1. The Bertz CT molecular complexity index is 119. The molecular weight excluding hydrogens is 146 g/mol. The summed E-state index contributed by atoms with van der Waals surface area (Å²) in [7, 11) is 6.05. The average Bonchev–Trinajstić information content (AvgIpc) is 1.59. The van der Waals surface area contributed by atoms with Crippen LogP contribution in [0, 0.1) is 0 Å². The second-order valence-corrected chi connectivity index (χ2v) is 3.18. The molecule has 0 saturated carbocycles. The van der Waals surface area contributed by atoms with E-state index in [4.69, 9.17) is 5.73 Å². The lowest BCUT2D eigenvalue weighted by molar-refractivity contribution is -0.870. The highest BCUT2D eigenvalue weighted by Gasteiger charge is 2.06. The topological polar surface area (TPSA) is 87.3 Å². The molecule has 0 aliphatic heterocycles. The van der Waals surface area contributed by atoms with Gasteiger partial charge in [-0.2, -0.15) is 0 Å². The summed E-state index contributed by atoms with van der Waals surface area (Å²) in [5.74, 6) is 0. The van der Waals surface area contributed by atoms with E-state index >= 15 is 0 Å². The summed E-state index contributed by atoms with van der Waals surface area (Å²) in [6.45, 7) is 1.17. The molecule has 0 heterocycles. The van der Waals surface area contributed by atoms with Gasteiger partial charge in [-0.1, -0.05) is 0 Å². The van der Waals surface area contributed by atoms with Crippen LogP contribution in [0.15, 0.2) is 0 Å². The van der Waals surface area contributed by atoms with Crippen LogP contribution in [0.25, 0.3) is 0 Å². The smallest absolute Gasteiger partial charge is 0.404 e. The van der Waals surface area contributed by atoms with E-state index in [-0.39, 0.29) is 6.15 Å². The molecule has 0 bridgehead atoms. The molecule has 68 valence electrons. The van der Waals surface area contributed by atoms with Crippen molar-refractivity contribution in [2.45, 2.75) is 0 Å². The van der Waals surface area contributed by atoms with E-state index in [0.29, 0.717) is 6.61 Å². The molecule has 0 aromatic heterocycles. The average molecular weight is 164 g/mol. The van der Waals surface area contributed by atoms with Crippen molar-refractivity contribution >= 4 is 6.09 Å². The summed E-state index contributed by atoms with van der Waals surface area (Å²) in [5.41, 5.74) is 4.75. The number of carbonyl (C=O) groups is 1. The zero-order valence-electron chi connectivity index (χ0n) is 7.46. The normalized spacial score (nSPS) is 10.1. The molecule has 0 aromatic rings. The minimum absolute atomic E-state index is 0. The first-order valence-corrected chi connectivity index (χ1v) is 3.14. The van der Waals surface area contributed by atoms with Gasteiger partial charge < -0.3 is 21.1 Å². The third kappa shape index (κ3) is 12.4. The summed E-state index contributed by atoms with van der Waals surface area (Å²) < 4.78 is 5.31. The molecule has 0 atom stereocenters. The van der Waals surface area contributed by atoms with Crippen LogP contribution in [-0.2, 0) is 4.74 Å². The summed E-state index contributed by atoms with van der Waals surface area (Å²) in [6, 6.07) is 0. The van der Waals surface area contributed by atoms with Crippen LogP contribution in [-0.4, -0.2) is 44.9 Å².